The van der Waals surface area contributed by atoms with Crippen LogP contribution in [0.5, 0.6) is 0 Å². The second kappa shape index (κ2) is 6.46. The highest BCUT2D eigenvalue weighted by Crippen LogP contribution is 2.51. The van der Waals surface area contributed by atoms with Gasteiger partial charge in [-0.25, -0.2) is 4.79 Å². The van der Waals surface area contributed by atoms with Crippen molar-refractivity contribution in [2.24, 2.45) is 5.92 Å². The number of carbonyl (C=O) groups excluding carboxylic acids is 2. The number of nitrogens with zero attached hydrogens (tertiary/aromatic N) is 1. The number of para-hydroxylation sites is 1. The molecule has 0 aromatic heterocycles. The number of hydrogen-bond donors (Lipinski definition) is 1. The molecule has 1 aromatic rings. The van der Waals surface area contributed by atoms with Crippen molar-refractivity contribution in [3.05, 3.63) is 29.8 Å². The van der Waals surface area contributed by atoms with E-state index in [0.717, 1.165) is 37.2 Å². The number of carbonyl (C=O) groups is 2. The van der Waals surface area contributed by atoms with Gasteiger partial charge in [-0.1, -0.05) is 18.2 Å². The van der Waals surface area contributed by atoms with Crippen LogP contribution >= 0.6 is 0 Å². The van der Waals surface area contributed by atoms with E-state index in [0.29, 0.717) is 6.54 Å². The number of quaternary nitrogens is 1. The van der Waals surface area contributed by atoms with E-state index >= 15 is 0 Å². The van der Waals surface area contributed by atoms with Crippen LogP contribution in [0.1, 0.15) is 53.0 Å². The fourth-order valence-electron chi connectivity index (χ4n) is 4.44. The fraction of sp³-hybridized carbons (Fsp3) is 0.619. The minimum Gasteiger partial charge on any atom is -0.414 e. The minimum absolute atomic E-state index is 0.0814. The van der Waals surface area contributed by atoms with E-state index in [2.05, 4.69) is 11.4 Å². The molecule has 1 saturated heterocycles. The summed E-state index contributed by atoms with van der Waals surface area (Å²) in [6.45, 7) is 11.6. The third kappa shape index (κ3) is 2.97. The lowest BCUT2D eigenvalue weighted by Gasteiger charge is -2.36. The average Bonchev–Trinajstić information content (AvgIpc) is 2.85. The van der Waals surface area contributed by atoms with E-state index in [4.69, 9.17) is 4.74 Å². The third-order valence-electron chi connectivity index (χ3n) is 5.56. The number of rotatable bonds is 1. The number of fused-ring (bicyclic) bond motifs is 2. The Morgan fingerprint density at radius 3 is 2.35 bits per heavy atom. The van der Waals surface area contributed by atoms with Gasteiger partial charge in [-0.2, -0.15) is 4.79 Å². The van der Waals surface area contributed by atoms with Crippen LogP contribution in [0.2, 0.25) is 0 Å². The van der Waals surface area contributed by atoms with E-state index < -0.39 is 11.7 Å². The Morgan fingerprint density at radius 1 is 1.15 bits per heavy atom. The van der Waals surface area contributed by atoms with Gasteiger partial charge in [0.1, 0.15) is 12.1 Å². The first-order chi connectivity index (χ1) is 12.1. The predicted molar refractivity (Wildman–Crippen MR) is 103 cm³/mol. The lowest BCUT2D eigenvalue weighted by molar-refractivity contribution is -0.133. The maximum Gasteiger partial charge on any atom is 0.529 e. The Bertz CT molecular complexity index is 714. The number of amides is 2. The molecule has 1 atom stereocenters. The van der Waals surface area contributed by atoms with Gasteiger partial charge in [-0.3, -0.25) is 0 Å². The molecular formula is C21H31N2O3+. The molecule has 142 valence electrons. The lowest BCUT2D eigenvalue weighted by Crippen LogP contribution is -2.63. The van der Waals surface area contributed by atoms with E-state index in [9.17, 15) is 9.59 Å². The van der Waals surface area contributed by atoms with Crippen molar-refractivity contribution in [1.82, 2.24) is 9.80 Å². The van der Waals surface area contributed by atoms with E-state index in [1.165, 1.54) is 0 Å². The van der Waals surface area contributed by atoms with Crippen molar-refractivity contribution in [3.8, 4) is 0 Å². The summed E-state index contributed by atoms with van der Waals surface area (Å²) in [7, 11) is 0. The van der Waals surface area contributed by atoms with Crippen molar-refractivity contribution in [1.29, 1.82) is 0 Å². The maximum absolute atomic E-state index is 13.4. The van der Waals surface area contributed by atoms with Gasteiger partial charge in [0.05, 0.1) is 11.3 Å². The van der Waals surface area contributed by atoms with Crippen LogP contribution in [-0.4, -0.2) is 37.2 Å². The van der Waals surface area contributed by atoms with Gasteiger partial charge in [0, 0.05) is 11.6 Å². The van der Waals surface area contributed by atoms with Crippen LogP contribution in [0.4, 0.5) is 10.5 Å². The molecule has 5 heteroatoms. The fourth-order valence-corrected chi connectivity index (χ4v) is 4.44. The van der Waals surface area contributed by atoms with Gasteiger partial charge in [0.2, 0.25) is 0 Å². The highest BCUT2D eigenvalue weighted by atomic mass is 16.6. The average molecular weight is 359 g/mol. The zero-order valence-corrected chi connectivity index (χ0v) is 16.6. The number of imide groups is 1. The standard InChI is InChI=1S/C21H31N2O3/c1-15(2)18(24)23(19(25)26-20(3,4)5)14-21(10-12-22-13-11-21)16-8-6-7-9-17(16)23/h6-9,15,22H,10-14H2,1-5H3/q+1. The SMILES string of the molecule is CC(C)C(=O)[N+]1(C(=O)OC(C)(C)C)CC2(CCNCC2)c2ccccc21. The highest BCUT2D eigenvalue weighted by Gasteiger charge is 2.63. The second-order valence-corrected chi connectivity index (χ2v) is 8.99. The first-order valence-electron chi connectivity index (χ1n) is 9.59. The predicted octanol–water partition coefficient (Wildman–Crippen LogP) is 3.75. The molecule has 0 radical (unpaired) electrons. The molecule has 1 aromatic carbocycles. The molecule has 1 spiro atoms. The Morgan fingerprint density at radius 2 is 1.77 bits per heavy atom. The zero-order valence-electron chi connectivity index (χ0n) is 16.6. The molecule has 2 aliphatic rings. The summed E-state index contributed by atoms with van der Waals surface area (Å²) in [6.07, 6.45) is 1.41. The van der Waals surface area contributed by atoms with Crippen molar-refractivity contribution >= 4 is 17.7 Å². The summed E-state index contributed by atoms with van der Waals surface area (Å²) in [5.41, 5.74) is 1.16. The van der Waals surface area contributed by atoms with E-state index in [1.807, 2.05) is 52.8 Å². The Kier molecular flexibility index (Phi) is 4.74. The third-order valence-corrected chi connectivity index (χ3v) is 5.56. The quantitative estimate of drug-likeness (QED) is 0.776. The number of nitrogens with one attached hydrogen (secondary N) is 1. The number of piperidine rings is 1. The number of ether oxygens (including phenoxy) is 1. The van der Waals surface area contributed by atoms with Gasteiger partial charge in [-0.15, -0.1) is 4.48 Å². The van der Waals surface area contributed by atoms with Crippen molar-refractivity contribution < 1.29 is 14.3 Å². The summed E-state index contributed by atoms with van der Waals surface area (Å²) in [4.78, 5) is 26.9. The largest absolute Gasteiger partial charge is 0.529 e. The van der Waals surface area contributed by atoms with Gasteiger partial charge in [0.25, 0.3) is 0 Å². The molecule has 0 aliphatic carbocycles. The van der Waals surface area contributed by atoms with Gasteiger partial charge < -0.3 is 10.1 Å². The van der Waals surface area contributed by atoms with E-state index in [-0.39, 0.29) is 21.7 Å². The van der Waals surface area contributed by atoms with E-state index in [1.54, 1.807) is 0 Å². The van der Waals surface area contributed by atoms with Crippen LogP contribution in [0.15, 0.2) is 24.3 Å². The minimum atomic E-state index is -0.640. The molecule has 1 N–H and O–H groups in total. The summed E-state index contributed by atoms with van der Waals surface area (Å²) in [5.74, 6) is -0.338. The van der Waals surface area contributed by atoms with Crippen LogP contribution in [0, 0.1) is 5.92 Å². The monoisotopic (exact) mass is 359 g/mol. The normalized spacial score (nSPS) is 24.5. The summed E-state index contributed by atoms with van der Waals surface area (Å²) in [5, 5.41) is 3.41. The van der Waals surface area contributed by atoms with Crippen molar-refractivity contribution in [2.75, 3.05) is 19.6 Å². The maximum atomic E-state index is 13.4. The molecule has 3 rings (SSSR count). The smallest absolute Gasteiger partial charge is 0.414 e. The van der Waals surface area contributed by atoms with Gasteiger partial charge in [0.15, 0.2) is 5.69 Å². The second-order valence-electron chi connectivity index (χ2n) is 8.99. The molecule has 26 heavy (non-hydrogen) atoms. The first-order valence-corrected chi connectivity index (χ1v) is 9.59. The molecule has 1 fully saturated rings. The Labute approximate surface area is 156 Å². The highest BCUT2D eigenvalue weighted by molar-refractivity contribution is 6.09. The molecule has 0 bridgehead atoms. The molecule has 2 amide bonds. The van der Waals surface area contributed by atoms with Crippen LogP contribution < -0.4 is 9.80 Å². The lowest BCUT2D eigenvalue weighted by atomic mass is 9.75. The molecule has 1 unspecified atom stereocenters. The molecular weight excluding hydrogens is 328 g/mol. The molecule has 0 saturated carbocycles. The van der Waals surface area contributed by atoms with Crippen LogP contribution in [0.3, 0.4) is 0 Å². The van der Waals surface area contributed by atoms with Crippen LogP contribution in [-0.2, 0) is 14.9 Å². The Balaban J connectivity index is 2.18. The van der Waals surface area contributed by atoms with Gasteiger partial charge in [-0.05, 0) is 60.5 Å². The number of hydrogen-bond acceptors (Lipinski definition) is 4. The van der Waals surface area contributed by atoms with Gasteiger partial charge >= 0.3 is 12.0 Å². The topological polar surface area (TPSA) is 55.4 Å². The first kappa shape index (κ1) is 19.1. The van der Waals surface area contributed by atoms with Crippen LogP contribution in [0.25, 0.3) is 0 Å². The number of benzene rings is 1. The van der Waals surface area contributed by atoms with Crippen molar-refractivity contribution in [2.45, 2.75) is 58.5 Å². The summed E-state index contributed by atoms with van der Waals surface area (Å²) in [6, 6.07) is 7.97. The summed E-state index contributed by atoms with van der Waals surface area (Å²) >= 11 is 0. The molecule has 2 heterocycles. The molecule has 2 aliphatic heterocycles. The Hall–Kier alpha value is -1.72. The molecule has 5 nitrogen and oxygen atoms in total. The van der Waals surface area contributed by atoms with Crippen molar-refractivity contribution in [3.63, 3.8) is 0 Å². The summed E-state index contributed by atoms with van der Waals surface area (Å²) < 4.78 is 5.47. The zero-order chi connectivity index (χ0) is 19.2.